The Kier molecular flexibility index (Phi) is 9.98. The molecule has 108 valence electrons. The lowest BCUT2D eigenvalue weighted by Crippen LogP contribution is -2.44. The van der Waals surface area contributed by atoms with E-state index in [1.165, 1.54) is 12.8 Å². The Bertz CT molecular complexity index is 221. The van der Waals surface area contributed by atoms with Crippen molar-refractivity contribution in [3.05, 3.63) is 0 Å². The summed E-state index contributed by atoms with van der Waals surface area (Å²) in [4.78, 5) is 13.8. The van der Waals surface area contributed by atoms with E-state index in [4.69, 9.17) is 5.73 Å². The second-order valence-corrected chi connectivity index (χ2v) is 4.95. The molecule has 3 N–H and O–H groups in total. The number of carbonyl (C=O) groups is 1. The first-order chi connectivity index (χ1) is 8.56. The van der Waals surface area contributed by atoms with Crippen molar-refractivity contribution in [1.29, 1.82) is 0 Å². The number of nitrogens with one attached hydrogen (secondary N) is 1. The van der Waals surface area contributed by atoms with Crippen LogP contribution in [0.2, 0.25) is 0 Å². The predicted molar refractivity (Wildman–Crippen MR) is 77.5 cm³/mol. The molecule has 0 spiro atoms. The number of hydrogen-bond donors (Lipinski definition) is 2. The first-order valence-electron chi connectivity index (χ1n) is 7.33. The van der Waals surface area contributed by atoms with Gasteiger partial charge < -0.3 is 16.0 Å². The van der Waals surface area contributed by atoms with Crippen molar-refractivity contribution in [2.24, 2.45) is 5.73 Å². The van der Waals surface area contributed by atoms with Gasteiger partial charge in [-0.3, -0.25) is 4.79 Å². The maximum atomic E-state index is 11.3. The summed E-state index contributed by atoms with van der Waals surface area (Å²) in [5, 5.41) is 3.15. The quantitative estimate of drug-likeness (QED) is 0.593. The van der Waals surface area contributed by atoms with Crippen LogP contribution in [0.3, 0.4) is 0 Å². The summed E-state index contributed by atoms with van der Waals surface area (Å²) >= 11 is 0. The van der Waals surface area contributed by atoms with Crippen LogP contribution in [0.1, 0.15) is 53.4 Å². The Balaban J connectivity index is 4.24. The standard InChI is InChI=1S/C14H31N3O/c1-5-8-10-17(12(4)6-2)11-9-13(14(15)18)16-7-3/h12-13,16H,5-11H2,1-4H3,(H2,15,18). The average Bonchev–Trinajstić information content (AvgIpc) is 2.36. The summed E-state index contributed by atoms with van der Waals surface area (Å²) in [7, 11) is 0. The lowest BCUT2D eigenvalue weighted by molar-refractivity contribution is -0.120. The molecule has 0 saturated carbocycles. The van der Waals surface area contributed by atoms with E-state index in [1.54, 1.807) is 0 Å². The summed E-state index contributed by atoms with van der Waals surface area (Å²) in [5.74, 6) is -0.239. The summed E-state index contributed by atoms with van der Waals surface area (Å²) in [6.07, 6.45) is 4.37. The van der Waals surface area contributed by atoms with E-state index >= 15 is 0 Å². The highest BCUT2D eigenvalue weighted by Gasteiger charge is 2.17. The lowest BCUT2D eigenvalue weighted by atomic mass is 10.1. The number of unbranched alkanes of at least 4 members (excludes halogenated alkanes) is 1. The van der Waals surface area contributed by atoms with Crippen LogP contribution in [0.4, 0.5) is 0 Å². The summed E-state index contributed by atoms with van der Waals surface area (Å²) in [6.45, 7) is 11.5. The molecular weight excluding hydrogens is 226 g/mol. The molecule has 2 atom stereocenters. The van der Waals surface area contributed by atoms with Crippen molar-refractivity contribution in [3.63, 3.8) is 0 Å². The number of likely N-dealkylation sites (N-methyl/N-ethyl adjacent to an activating group) is 1. The third-order valence-electron chi connectivity index (χ3n) is 3.51. The first kappa shape index (κ1) is 17.4. The van der Waals surface area contributed by atoms with Crippen molar-refractivity contribution in [3.8, 4) is 0 Å². The normalized spacial score (nSPS) is 14.7. The molecule has 0 rings (SSSR count). The molecule has 2 unspecified atom stereocenters. The number of nitrogens with two attached hydrogens (primary N) is 1. The van der Waals surface area contributed by atoms with Crippen molar-refractivity contribution in [2.75, 3.05) is 19.6 Å². The molecule has 0 aliphatic heterocycles. The van der Waals surface area contributed by atoms with Crippen LogP contribution in [0.25, 0.3) is 0 Å². The van der Waals surface area contributed by atoms with Crippen molar-refractivity contribution in [2.45, 2.75) is 65.5 Å². The van der Waals surface area contributed by atoms with Crippen LogP contribution < -0.4 is 11.1 Å². The zero-order chi connectivity index (χ0) is 14.0. The molecule has 18 heavy (non-hydrogen) atoms. The number of carbonyl (C=O) groups excluding carboxylic acids is 1. The zero-order valence-electron chi connectivity index (χ0n) is 12.5. The minimum atomic E-state index is -0.239. The molecule has 0 aromatic heterocycles. The van der Waals surface area contributed by atoms with E-state index in [0.717, 1.165) is 32.5 Å². The molecule has 4 nitrogen and oxygen atoms in total. The highest BCUT2D eigenvalue weighted by Crippen LogP contribution is 2.08. The average molecular weight is 257 g/mol. The largest absolute Gasteiger partial charge is 0.368 e. The fraction of sp³-hybridized carbons (Fsp3) is 0.929. The van der Waals surface area contributed by atoms with E-state index in [0.29, 0.717) is 6.04 Å². The van der Waals surface area contributed by atoms with Crippen LogP contribution in [-0.2, 0) is 4.79 Å². The van der Waals surface area contributed by atoms with Crippen LogP contribution >= 0.6 is 0 Å². The predicted octanol–water partition coefficient (Wildman–Crippen LogP) is 1.74. The summed E-state index contributed by atoms with van der Waals surface area (Å²) in [5.41, 5.74) is 5.40. The van der Waals surface area contributed by atoms with E-state index < -0.39 is 0 Å². The Morgan fingerprint density at radius 3 is 2.39 bits per heavy atom. The van der Waals surface area contributed by atoms with Gasteiger partial charge in [-0.1, -0.05) is 27.2 Å². The fourth-order valence-corrected chi connectivity index (χ4v) is 2.06. The van der Waals surface area contributed by atoms with Gasteiger partial charge in [0.1, 0.15) is 0 Å². The Labute approximate surface area is 112 Å². The van der Waals surface area contributed by atoms with Gasteiger partial charge in [0.25, 0.3) is 0 Å². The van der Waals surface area contributed by atoms with E-state index in [-0.39, 0.29) is 11.9 Å². The Morgan fingerprint density at radius 1 is 1.28 bits per heavy atom. The van der Waals surface area contributed by atoms with Gasteiger partial charge in [0.2, 0.25) is 5.91 Å². The van der Waals surface area contributed by atoms with Gasteiger partial charge in [0, 0.05) is 12.6 Å². The van der Waals surface area contributed by atoms with Gasteiger partial charge in [-0.05, 0) is 39.3 Å². The van der Waals surface area contributed by atoms with Crippen molar-refractivity contribution >= 4 is 5.91 Å². The molecule has 0 aromatic rings. The SMILES string of the molecule is CCCCN(CCC(NCC)C(N)=O)C(C)CC. The third kappa shape index (κ3) is 6.97. The second kappa shape index (κ2) is 10.3. The van der Waals surface area contributed by atoms with Gasteiger partial charge in [-0.25, -0.2) is 0 Å². The van der Waals surface area contributed by atoms with Gasteiger partial charge >= 0.3 is 0 Å². The number of hydrogen-bond acceptors (Lipinski definition) is 3. The van der Waals surface area contributed by atoms with Crippen molar-refractivity contribution in [1.82, 2.24) is 10.2 Å². The number of primary amides is 1. The lowest BCUT2D eigenvalue weighted by Gasteiger charge is -2.29. The van der Waals surface area contributed by atoms with Gasteiger partial charge in [-0.2, -0.15) is 0 Å². The molecule has 0 fully saturated rings. The number of amides is 1. The van der Waals surface area contributed by atoms with Crippen LogP contribution in [-0.4, -0.2) is 42.5 Å². The summed E-state index contributed by atoms with van der Waals surface area (Å²) < 4.78 is 0. The van der Waals surface area contributed by atoms with Gasteiger partial charge in [-0.15, -0.1) is 0 Å². The molecule has 0 bridgehead atoms. The first-order valence-corrected chi connectivity index (χ1v) is 7.33. The van der Waals surface area contributed by atoms with E-state index in [9.17, 15) is 4.79 Å². The highest BCUT2D eigenvalue weighted by molar-refractivity contribution is 5.79. The minimum Gasteiger partial charge on any atom is -0.368 e. The zero-order valence-corrected chi connectivity index (χ0v) is 12.5. The summed E-state index contributed by atoms with van der Waals surface area (Å²) in [6, 6.07) is 0.384. The molecule has 0 aliphatic carbocycles. The number of rotatable bonds is 11. The maximum absolute atomic E-state index is 11.3. The number of nitrogens with zero attached hydrogens (tertiary/aromatic N) is 1. The highest BCUT2D eigenvalue weighted by atomic mass is 16.1. The third-order valence-corrected chi connectivity index (χ3v) is 3.51. The second-order valence-electron chi connectivity index (χ2n) is 4.95. The monoisotopic (exact) mass is 257 g/mol. The molecular formula is C14H31N3O. The smallest absolute Gasteiger partial charge is 0.234 e. The Morgan fingerprint density at radius 2 is 1.94 bits per heavy atom. The topological polar surface area (TPSA) is 58.4 Å². The molecule has 4 heteroatoms. The van der Waals surface area contributed by atoms with Gasteiger partial charge in [0.05, 0.1) is 6.04 Å². The Hall–Kier alpha value is -0.610. The fourth-order valence-electron chi connectivity index (χ4n) is 2.06. The minimum absolute atomic E-state index is 0.191. The van der Waals surface area contributed by atoms with Crippen LogP contribution in [0, 0.1) is 0 Å². The van der Waals surface area contributed by atoms with Crippen LogP contribution in [0.5, 0.6) is 0 Å². The van der Waals surface area contributed by atoms with E-state index in [2.05, 4.69) is 31.0 Å². The molecule has 0 radical (unpaired) electrons. The molecule has 0 saturated heterocycles. The van der Waals surface area contributed by atoms with Crippen molar-refractivity contribution < 1.29 is 4.79 Å². The molecule has 0 aliphatic rings. The van der Waals surface area contributed by atoms with Gasteiger partial charge in [0.15, 0.2) is 0 Å². The molecule has 0 heterocycles. The molecule has 0 aromatic carbocycles. The van der Waals surface area contributed by atoms with Crippen LogP contribution in [0.15, 0.2) is 0 Å². The maximum Gasteiger partial charge on any atom is 0.234 e. The van der Waals surface area contributed by atoms with E-state index in [1.807, 2.05) is 6.92 Å². The molecule has 1 amide bonds.